The molecule has 1 aliphatic heterocycles. The molecule has 1 aromatic carbocycles. The van der Waals surface area contributed by atoms with E-state index in [0.29, 0.717) is 19.7 Å². The number of halogens is 1. The van der Waals surface area contributed by atoms with Crippen molar-refractivity contribution >= 4 is 5.97 Å². The van der Waals surface area contributed by atoms with Gasteiger partial charge in [0.15, 0.2) is 0 Å². The van der Waals surface area contributed by atoms with E-state index in [1.165, 1.54) is 12.1 Å². The molecule has 0 radical (unpaired) electrons. The molecule has 20 heavy (non-hydrogen) atoms. The SMILES string of the molecule is CCOC(=O)C1CCCN1Cc1cc(F)ccc1CN. The maximum absolute atomic E-state index is 13.4. The lowest BCUT2D eigenvalue weighted by Crippen LogP contribution is -2.37. The highest BCUT2D eigenvalue weighted by atomic mass is 19.1. The van der Waals surface area contributed by atoms with E-state index in [0.717, 1.165) is 30.5 Å². The lowest BCUT2D eigenvalue weighted by molar-refractivity contribution is -0.148. The Morgan fingerprint density at radius 2 is 2.30 bits per heavy atom. The molecular weight excluding hydrogens is 259 g/mol. The van der Waals surface area contributed by atoms with Crippen LogP contribution in [-0.2, 0) is 22.6 Å². The lowest BCUT2D eigenvalue weighted by Gasteiger charge is -2.23. The van der Waals surface area contributed by atoms with Crippen LogP contribution >= 0.6 is 0 Å². The molecule has 110 valence electrons. The van der Waals surface area contributed by atoms with Crippen LogP contribution in [0.25, 0.3) is 0 Å². The van der Waals surface area contributed by atoms with Gasteiger partial charge in [-0.15, -0.1) is 0 Å². The number of hydrogen-bond acceptors (Lipinski definition) is 4. The minimum atomic E-state index is -0.274. The third kappa shape index (κ3) is 3.35. The van der Waals surface area contributed by atoms with Crippen molar-refractivity contribution in [1.29, 1.82) is 0 Å². The molecule has 1 atom stereocenters. The van der Waals surface area contributed by atoms with Gasteiger partial charge >= 0.3 is 5.97 Å². The lowest BCUT2D eigenvalue weighted by atomic mass is 10.1. The Morgan fingerprint density at radius 3 is 3.00 bits per heavy atom. The van der Waals surface area contributed by atoms with E-state index in [1.807, 2.05) is 4.90 Å². The van der Waals surface area contributed by atoms with Crippen LogP contribution < -0.4 is 5.73 Å². The summed E-state index contributed by atoms with van der Waals surface area (Å²) in [5, 5.41) is 0. The largest absolute Gasteiger partial charge is 0.465 e. The number of likely N-dealkylation sites (tertiary alicyclic amines) is 1. The van der Waals surface area contributed by atoms with Gasteiger partial charge in [-0.3, -0.25) is 9.69 Å². The molecule has 2 N–H and O–H groups in total. The average Bonchev–Trinajstić information content (AvgIpc) is 2.87. The molecule has 1 aliphatic rings. The minimum absolute atomic E-state index is 0.185. The zero-order valence-electron chi connectivity index (χ0n) is 11.8. The van der Waals surface area contributed by atoms with Crippen molar-refractivity contribution in [2.24, 2.45) is 5.73 Å². The highest BCUT2D eigenvalue weighted by molar-refractivity contribution is 5.76. The second-order valence-corrected chi connectivity index (χ2v) is 5.00. The van der Waals surface area contributed by atoms with E-state index in [2.05, 4.69) is 0 Å². The van der Waals surface area contributed by atoms with Gasteiger partial charge in [-0.25, -0.2) is 4.39 Å². The molecule has 1 saturated heterocycles. The zero-order valence-corrected chi connectivity index (χ0v) is 11.8. The predicted octanol–water partition coefficient (Wildman–Crippen LogP) is 1.81. The van der Waals surface area contributed by atoms with Gasteiger partial charge < -0.3 is 10.5 Å². The third-order valence-electron chi connectivity index (χ3n) is 3.68. The molecule has 1 heterocycles. The third-order valence-corrected chi connectivity index (χ3v) is 3.68. The van der Waals surface area contributed by atoms with Crippen molar-refractivity contribution in [3.63, 3.8) is 0 Å². The Hall–Kier alpha value is -1.46. The van der Waals surface area contributed by atoms with E-state index in [1.54, 1.807) is 13.0 Å². The van der Waals surface area contributed by atoms with Crippen LogP contribution in [-0.4, -0.2) is 30.1 Å². The summed E-state index contributed by atoms with van der Waals surface area (Å²) in [6.45, 7) is 3.92. The van der Waals surface area contributed by atoms with Gasteiger partial charge in [-0.2, -0.15) is 0 Å². The smallest absolute Gasteiger partial charge is 0.323 e. The van der Waals surface area contributed by atoms with Gasteiger partial charge in [0.25, 0.3) is 0 Å². The fraction of sp³-hybridized carbons (Fsp3) is 0.533. The number of esters is 1. The normalized spacial score (nSPS) is 19.2. The van der Waals surface area contributed by atoms with Crippen molar-refractivity contribution in [2.75, 3.05) is 13.2 Å². The molecule has 5 heteroatoms. The first-order valence-corrected chi connectivity index (χ1v) is 7.03. The zero-order chi connectivity index (χ0) is 14.5. The molecule has 0 spiro atoms. The van der Waals surface area contributed by atoms with Gasteiger partial charge in [0.05, 0.1) is 6.61 Å². The molecule has 0 bridgehead atoms. The highest BCUT2D eigenvalue weighted by Crippen LogP contribution is 2.23. The monoisotopic (exact) mass is 280 g/mol. The standard InChI is InChI=1S/C15H21FN2O2/c1-2-20-15(19)14-4-3-7-18(14)10-12-8-13(16)6-5-11(12)9-17/h5-6,8,14H,2-4,7,9-10,17H2,1H3. The molecule has 0 saturated carbocycles. The van der Waals surface area contributed by atoms with Crippen LogP contribution in [0.3, 0.4) is 0 Å². The molecule has 0 aliphatic carbocycles. The summed E-state index contributed by atoms with van der Waals surface area (Å²) < 4.78 is 18.5. The topological polar surface area (TPSA) is 55.6 Å². The molecule has 1 unspecified atom stereocenters. The van der Waals surface area contributed by atoms with Crippen molar-refractivity contribution in [3.8, 4) is 0 Å². The molecule has 2 rings (SSSR count). The quantitative estimate of drug-likeness (QED) is 0.836. The van der Waals surface area contributed by atoms with Crippen molar-refractivity contribution < 1.29 is 13.9 Å². The Balaban J connectivity index is 2.12. The van der Waals surface area contributed by atoms with Crippen molar-refractivity contribution in [3.05, 3.63) is 35.1 Å². The van der Waals surface area contributed by atoms with Crippen molar-refractivity contribution in [1.82, 2.24) is 4.90 Å². The maximum Gasteiger partial charge on any atom is 0.323 e. The molecule has 4 nitrogen and oxygen atoms in total. The summed E-state index contributed by atoms with van der Waals surface area (Å²) in [5.41, 5.74) is 7.45. The number of carbonyl (C=O) groups excluding carboxylic acids is 1. The van der Waals surface area contributed by atoms with E-state index >= 15 is 0 Å². The van der Waals surface area contributed by atoms with Gasteiger partial charge in [0, 0.05) is 13.1 Å². The maximum atomic E-state index is 13.4. The van der Waals surface area contributed by atoms with Crippen LogP contribution in [0.5, 0.6) is 0 Å². The Bertz CT molecular complexity index is 479. The number of carbonyl (C=O) groups is 1. The first-order valence-electron chi connectivity index (χ1n) is 7.03. The van der Waals surface area contributed by atoms with E-state index < -0.39 is 0 Å². The van der Waals surface area contributed by atoms with E-state index in [-0.39, 0.29) is 17.8 Å². The molecule has 0 aromatic heterocycles. The summed E-state index contributed by atoms with van der Waals surface area (Å²) in [5.74, 6) is -0.459. The second kappa shape index (κ2) is 6.81. The summed E-state index contributed by atoms with van der Waals surface area (Å²) in [6, 6.07) is 4.41. The number of rotatable bonds is 5. The fourth-order valence-electron chi connectivity index (χ4n) is 2.68. The van der Waals surface area contributed by atoms with E-state index in [9.17, 15) is 9.18 Å². The van der Waals surface area contributed by atoms with Crippen LogP contribution in [0.2, 0.25) is 0 Å². The molecule has 1 aromatic rings. The fourth-order valence-corrected chi connectivity index (χ4v) is 2.68. The minimum Gasteiger partial charge on any atom is -0.465 e. The average molecular weight is 280 g/mol. The molecule has 0 amide bonds. The number of hydrogen-bond donors (Lipinski definition) is 1. The van der Waals surface area contributed by atoms with Gasteiger partial charge in [0.2, 0.25) is 0 Å². The summed E-state index contributed by atoms with van der Waals surface area (Å²) in [6.07, 6.45) is 1.75. The summed E-state index contributed by atoms with van der Waals surface area (Å²) >= 11 is 0. The number of nitrogens with zero attached hydrogens (tertiary/aromatic N) is 1. The second-order valence-electron chi connectivity index (χ2n) is 5.00. The van der Waals surface area contributed by atoms with Crippen LogP contribution in [0.1, 0.15) is 30.9 Å². The van der Waals surface area contributed by atoms with Gasteiger partial charge in [0.1, 0.15) is 11.9 Å². The van der Waals surface area contributed by atoms with Crippen LogP contribution in [0.4, 0.5) is 4.39 Å². The van der Waals surface area contributed by atoms with Crippen LogP contribution in [0.15, 0.2) is 18.2 Å². The summed E-state index contributed by atoms with van der Waals surface area (Å²) in [7, 11) is 0. The van der Waals surface area contributed by atoms with Gasteiger partial charge in [-0.1, -0.05) is 6.07 Å². The predicted molar refractivity (Wildman–Crippen MR) is 74.4 cm³/mol. The first-order chi connectivity index (χ1) is 9.65. The Labute approximate surface area is 118 Å². The Kier molecular flexibility index (Phi) is 5.09. The molecular formula is C15H21FN2O2. The van der Waals surface area contributed by atoms with Crippen molar-refractivity contribution in [2.45, 2.75) is 38.9 Å². The van der Waals surface area contributed by atoms with E-state index in [4.69, 9.17) is 10.5 Å². The first kappa shape index (κ1) is 14.9. The Morgan fingerprint density at radius 1 is 1.50 bits per heavy atom. The highest BCUT2D eigenvalue weighted by Gasteiger charge is 2.31. The molecule has 1 fully saturated rings. The number of benzene rings is 1. The number of nitrogens with two attached hydrogens (primary N) is 1. The number of ether oxygens (including phenoxy) is 1. The van der Waals surface area contributed by atoms with Gasteiger partial charge in [-0.05, 0) is 49.6 Å². The summed E-state index contributed by atoms with van der Waals surface area (Å²) in [4.78, 5) is 14.0. The van der Waals surface area contributed by atoms with Crippen LogP contribution in [0, 0.1) is 5.82 Å².